The lowest BCUT2D eigenvalue weighted by Gasteiger charge is -2.17. The van der Waals surface area contributed by atoms with Crippen molar-refractivity contribution in [2.24, 2.45) is 0 Å². The molecule has 0 aliphatic carbocycles. The van der Waals surface area contributed by atoms with E-state index in [2.05, 4.69) is 23.3 Å². The van der Waals surface area contributed by atoms with Crippen molar-refractivity contribution in [1.82, 2.24) is 9.78 Å². The zero-order valence-corrected chi connectivity index (χ0v) is 18.9. The maximum absolute atomic E-state index is 13.1. The van der Waals surface area contributed by atoms with E-state index in [4.69, 9.17) is 4.74 Å². The molecule has 1 heterocycles. The second kappa shape index (κ2) is 8.97. The minimum Gasteiger partial charge on any atom is -0.491 e. The molecular formula is C27H28N2O3. The molecular weight excluding hydrogens is 400 g/mol. The number of aryl methyl sites for hydroxylation is 4. The van der Waals surface area contributed by atoms with Crippen molar-refractivity contribution in [3.05, 3.63) is 93.3 Å². The molecule has 5 nitrogen and oxygen atoms in total. The van der Waals surface area contributed by atoms with Crippen LogP contribution in [0.2, 0.25) is 0 Å². The molecule has 1 aromatic heterocycles. The van der Waals surface area contributed by atoms with Crippen LogP contribution in [0.4, 0.5) is 0 Å². The molecule has 1 unspecified atom stereocenters. The van der Waals surface area contributed by atoms with Gasteiger partial charge in [0.1, 0.15) is 18.5 Å². The first-order valence-electron chi connectivity index (χ1n) is 10.8. The Hall–Kier alpha value is -3.44. The molecule has 4 rings (SSSR count). The number of rotatable bonds is 6. The van der Waals surface area contributed by atoms with Gasteiger partial charge in [0.05, 0.1) is 17.6 Å². The molecule has 0 aliphatic rings. The molecule has 0 spiro atoms. The van der Waals surface area contributed by atoms with E-state index in [9.17, 15) is 9.90 Å². The number of aromatic nitrogens is 2. The van der Waals surface area contributed by atoms with Gasteiger partial charge in [-0.3, -0.25) is 4.79 Å². The van der Waals surface area contributed by atoms with Gasteiger partial charge in [0, 0.05) is 10.9 Å². The topological polar surface area (TPSA) is 64.3 Å². The predicted octanol–water partition coefficient (Wildman–Crippen LogP) is 4.74. The number of benzene rings is 3. The van der Waals surface area contributed by atoms with Crippen molar-refractivity contribution >= 4 is 10.8 Å². The molecule has 1 atom stereocenters. The van der Waals surface area contributed by atoms with Crippen LogP contribution in [0.15, 0.2) is 65.5 Å². The second-order valence-electron chi connectivity index (χ2n) is 8.43. The van der Waals surface area contributed by atoms with E-state index in [1.165, 1.54) is 4.68 Å². The number of nitrogens with zero attached hydrogens (tertiary/aromatic N) is 2. The molecule has 0 saturated heterocycles. The number of ether oxygens (including phenoxy) is 1. The van der Waals surface area contributed by atoms with Gasteiger partial charge in [-0.25, -0.2) is 4.68 Å². The minimum absolute atomic E-state index is 0.0480. The zero-order valence-electron chi connectivity index (χ0n) is 18.9. The Kier molecular flexibility index (Phi) is 6.10. The fraction of sp³-hybridized carbons (Fsp3) is 0.259. The van der Waals surface area contributed by atoms with Crippen LogP contribution < -0.4 is 10.3 Å². The molecule has 0 amide bonds. The Labute approximate surface area is 187 Å². The molecule has 164 valence electrons. The molecule has 0 radical (unpaired) electrons. The van der Waals surface area contributed by atoms with E-state index >= 15 is 0 Å². The minimum atomic E-state index is -0.882. The van der Waals surface area contributed by atoms with Gasteiger partial charge in [0.25, 0.3) is 5.56 Å². The first-order valence-corrected chi connectivity index (χ1v) is 10.8. The fourth-order valence-corrected chi connectivity index (χ4v) is 3.85. The van der Waals surface area contributed by atoms with Gasteiger partial charge in [0.2, 0.25) is 0 Å². The van der Waals surface area contributed by atoms with Crippen LogP contribution in [0.5, 0.6) is 5.75 Å². The van der Waals surface area contributed by atoms with Gasteiger partial charge in [-0.05, 0) is 62.6 Å². The maximum atomic E-state index is 13.1. The summed E-state index contributed by atoms with van der Waals surface area (Å²) in [5.74, 6) is 0.735. The normalized spacial score (nSPS) is 12.2. The van der Waals surface area contributed by atoms with Crippen molar-refractivity contribution < 1.29 is 9.84 Å². The largest absolute Gasteiger partial charge is 0.491 e. The summed E-state index contributed by atoms with van der Waals surface area (Å²) < 4.78 is 7.19. The highest BCUT2D eigenvalue weighted by molar-refractivity contribution is 5.94. The maximum Gasteiger partial charge on any atom is 0.274 e. The quantitative estimate of drug-likeness (QED) is 0.482. The fourth-order valence-electron chi connectivity index (χ4n) is 3.85. The second-order valence-corrected chi connectivity index (χ2v) is 8.43. The van der Waals surface area contributed by atoms with Crippen LogP contribution in [0, 0.1) is 27.7 Å². The highest BCUT2D eigenvalue weighted by Crippen LogP contribution is 2.28. The Morgan fingerprint density at radius 3 is 2.31 bits per heavy atom. The monoisotopic (exact) mass is 428 g/mol. The summed E-state index contributed by atoms with van der Waals surface area (Å²) in [5, 5.41) is 16.7. The predicted molar refractivity (Wildman–Crippen MR) is 128 cm³/mol. The smallest absolute Gasteiger partial charge is 0.274 e. The third-order valence-corrected chi connectivity index (χ3v) is 5.67. The van der Waals surface area contributed by atoms with E-state index in [0.29, 0.717) is 5.39 Å². The Morgan fingerprint density at radius 1 is 0.906 bits per heavy atom. The number of aliphatic hydroxyl groups is 1. The van der Waals surface area contributed by atoms with Gasteiger partial charge >= 0.3 is 0 Å². The highest BCUT2D eigenvalue weighted by atomic mass is 16.5. The average molecular weight is 429 g/mol. The van der Waals surface area contributed by atoms with Crippen molar-refractivity contribution in [2.75, 3.05) is 6.61 Å². The molecule has 1 N–H and O–H groups in total. The molecule has 3 aromatic carbocycles. The van der Waals surface area contributed by atoms with Crippen LogP contribution in [0.25, 0.3) is 22.0 Å². The summed E-state index contributed by atoms with van der Waals surface area (Å²) in [4.78, 5) is 13.1. The zero-order chi connectivity index (χ0) is 22.8. The van der Waals surface area contributed by atoms with Gasteiger partial charge in [0.15, 0.2) is 0 Å². The molecule has 0 aliphatic heterocycles. The van der Waals surface area contributed by atoms with E-state index in [-0.39, 0.29) is 18.7 Å². The van der Waals surface area contributed by atoms with Crippen LogP contribution >= 0.6 is 0 Å². The van der Waals surface area contributed by atoms with Crippen LogP contribution in [-0.4, -0.2) is 27.6 Å². The SMILES string of the molecule is Cc1ccc(C)c(OCC(O)Cn2nc(-c3cc(C)ccc3C)c3ccccc3c2=O)c1. The molecule has 4 aromatic rings. The van der Waals surface area contributed by atoms with Crippen molar-refractivity contribution in [3.8, 4) is 17.0 Å². The first kappa shape index (κ1) is 21.8. The number of fused-ring (bicyclic) bond motifs is 1. The Balaban J connectivity index is 1.68. The van der Waals surface area contributed by atoms with Gasteiger partial charge < -0.3 is 9.84 Å². The van der Waals surface area contributed by atoms with Crippen LogP contribution in [-0.2, 0) is 6.54 Å². The molecule has 32 heavy (non-hydrogen) atoms. The van der Waals surface area contributed by atoms with Gasteiger partial charge in [-0.15, -0.1) is 0 Å². The summed E-state index contributed by atoms with van der Waals surface area (Å²) in [6, 6.07) is 19.6. The van der Waals surface area contributed by atoms with E-state index < -0.39 is 6.10 Å². The molecule has 0 saturated carbocycles. The van der Waals surface area contributed by atoms with Crippen molar-refractivity contribution in [3.63, 3.8) is 0 Å². The third-order valence-electron chi connectivity index (χ3n) is 5.67. The average Bonchev–Trinajstić information content (AvgIpc) is 2.78. The third kappa shape index (κ3) is 4.43. The van der Waals surface area contributed by atoms with Crippen LogP contribution in [0.1, 0.15) is 22.3 Å². The summed E-state index contributed by atoms with van der Waals surface area (Å²) in [7, 11) is 0. The molecule has 0 bridgehead atoms. The highest BCUT2D eigenvalue weighted by Gasteiger charge is 2.16. The van der Waals surface area contributed by atoms with Gasteiger partial charge in [-0.1, -0.05) is 48.0 Å². The van der Waals surface area contributed by atoms with E-state index in [1.54, 1.807) is 0 Å². The van der Waals surface area contributed by atoms with Crippen LogP contribution in [0.3, 0.4) is 0 Å². The molecule has 0 fully saturated rings. The summed E-state index contributed by atoms with van der Waals surface area (Å²) in [6.45, 7) is 8.16. The van der Waals surface area contributed by atoms with E-state index in [0.717, 1.165) is 44.6 Å². The Morgan fingerprint density at radius 2 is 1.56 bits per heavy atom. The van der Waals surface area contributed by atoms with Crippen molar-refractivity contribution in [1.29, 1.82) is 0 Å². The van der Waals surface area contributed by atoms with E-state index in [1.807, 2.05) is 70.2 Å². The van der Waals surface area contributed by atoms with Gasteiger partial charge in [-0.2, -0.15) is 5.10 Å². The summed E-state index contributed by atoms with van der Waals surface area (Å²) in [5.41, 5.74) is 5.79. The first-order chi connectivity index (χ1) is 15.3. The lowest BCUT2D eigenvalue weighted by Crippen LogP contribution is -2.32. The summed E-state index contributed by atoms with van der Waals surface area (Å²) in [6.07, 6.45) is -0.882. The number of hydrogen-bond acceptors (Lipinski definition) is 4. The Bertz CT molecular complexity index is 1340. The lowest BCUT2D eigenvalue weighted by atomic mass is 9.99. The summed E-state index contributed by atoms with van der Waals surface area (Å²) >= 11 is 0. The molecule has 5 heteroatoms. The number of hydrogen-bond donors (Lipinski definition) is 1. The number of aliphatic hydroxyl groups excluding tert-OH is 1. The van der Waals surface area contributed by atoms with Crippen molar-refractivity contribution in [2.45, 2.75) is 40.3 Å². The standard InChI is InChI=1S/C27H28N2O3/c1-17-9-11-19(3)24(13-17)26-22-7-5-6-8-23(22)27(31)29(28-26)15-21(30)16-32-25-14-18(2)10-12-20(25)4/h5-14,21,30H,15-16H2,1-4H3. The lowest BCUT2D eigenvalue weighted by molar-refractivity contribution is 0.0879.